The molecule has 1 unspecified atom stereocenters. The summed E-state index contributed by atoms with van der Waals surface area (Å²) in [6, 6.07) is 4.70. The molecule has 1 aromatic heterocycles. The minimum atomic E-state index is 0.581. The molecule has 1 atom stereocenters. The van der Waals surface area contributed by atoms with Crippen LogP contribution in [0.4, 0.5) is 5.82 Å². The molecule has 0 saturated carbocycles. The Balaban J connectivity index is 2.14. The molecule has 16 heavy (non-hydrogen) atoms. The van der Waals surface area contributed by atoms with Crippen LogP contribution in [-0.2, 0) is 0 Å². The van der Waals surface area contributed by atoms with Crippen molar-refractivity contribution in [2.45, 2.75) is 32.7 Å². The second kappa shape index (κ2) is 5.25. The molecular formula is C12H20N4. The van der Waals surface area contributed by atoms with Gasteiger partial charge in [0.05, 0.1) is 5.69 Å². The minimum absolute atomic E-state index is 0.581. The van der Waals surface area contributed by atoms with Crippen molar-refractivity contribution in [2.75, 3.05) is 24.5 Å². The SMILES string of the molecule is CCCN(c1ccc(C)nn1)C1CCNC1. The summed E-state index contributed by atoms with van der Waals surface area (Å²) in [5.74, 6) is 1.01. The van der Waals surface area contributed by atoms with Crippen molar-refractivity contribution < 1.29 is 0 Å². The molecule has 4 heteroatoms. The zero-order chi connectivity index (χ0) is 11.4. The Kier molecular flexibility index (Phi) is 3.72. The number of aryl methyl sites for hydroxylation is 1. The first kappa shape index (κ1) is 11.3. The van der Waals surface area contributed by atoms with Gasteiger partial charge in [0.25, 0.3) is 0 Å². The largest absolute Gasteiger partial charge is 0.351 e. The summed E-state index contributed by atoms with van der Waals surface area (Å²) in [7, 11) is 0. The highest BCUT2D eigenvalue weighted by Gasteiger charge is 2.22. The standard InChI is InChI=1S/C12H20N4/c1-3-8-16(11-6-7-13-9-11)12-5-4-10(2)14-15-12/h4-5,11,13H,3,6-9H2,1-2H3. The average molecular weight is 220 g/mol. The van der Waals surface area contributed by atoms with Crippen molar-refractivity contribution in [3.63, 3.8) is 0 Å². The van der Waals surface area contributed by atoms with Crippen molar-refractivity contribution in [1.29, 1.82) is 0 Å². The fourth-order valence-corrected chi connectivity index (χ4v) is 2.18. The smallest absolute Gasteiger partial charge is 0.151 e. The Morgan fingerprint density at radius 3 is 2.88 bits per heavy atom. The van der Waals surface area contributed by atoms with Crippen LogP contribution in [0, 0.1) is 6.92 Å². The van der Waals surface area contributed by atoms with E-state index in [4.69, 9.17) is 0 Å². The highest BCUT2D eigenvalue weighted by atomic mass is 15.3. The molecule has 88 valence electrons. The highest BCUT2D eigenvalue weighted by Crippen LogP contribution is 2.17. The molecule has 0 bridgehead atoms. The molecule has 2 heterocycles. The van der Waals surface area contributed by atoms with Crippen LogP contribution in [0.15, 0.2) is 12.1 Å². The lowest BCUT2D eigenvalue weighted by Gasteiger charge is -2.28. The van der Waals surface area contributed by atoms with Crippen molar-refractivity contribution in [3.8, 4) is 0 Å². The topological polar surface area (TPSA) is 41.1 Å². The van der Waals surface area contributed by atoms with E-state index < -0.39 is 0 Å². The molecule has 1 saturated heterocycles. The van der Waals surface area contributed by atoms with Gasteiger partial charge in [0.15, 0.2) is 5.82 Å². The Labute approximate surface area is 97.1 Å². The summed E-state index contributed by atoms with van der Waals surface area (Å²) < 4.78 is 0. The van der Waals surface area contributed by atoms with E-state index in [1.54, 1.807) is 0 Å². The van der Waals surface area contributed by atoms with E-state index in [9.17, 15) is 0 Å². The number of aromatic nitrogens is 2. The predicted octanol–water partition coefficient (Wildman–Crippen LogP) is 1.36. The summed E-state index contributed by atoms with van der Waals surface area (Å²) in [6.45, 7) is 7.42. The van der Waals surface area contributed by atoms with Gasteiger partial charge in [-0.1, -0.05) is 6.92 Å². The first-order valence-corrected chi connectivity index (χ1v) is 6.09. The third-order valence-corrected chi connectivity index (χ3v) is 3.02. The van der Waals surface area contributed by atoms with E-state index >= 15 is 0 Å². The van der Waals surface area contributed by atoms with Crippen molar-refractivity contribution >= 4 is 5.82 Å². The molecule has 0 radical (unpaired) electrons. The van der Waals surface area contributed by atoms with Gasteiger partial charge in [-0.15, -0.1) is 5.10 Å². The Morgan fingerprint density at radius 2 is 2.31 bits per heavy atom. The number of nitrogens with zero attached hydrogens (tertiary/aromatic N) is 3. The molecule has 0 aromatic carbocycles. The molecule has 1 aliphatic heterocycles. The van der Waals surface area contributed by atoms with Crippen LogP contribution in [0.2, 0.25) is 0 Å². The van der Waals surface area contributed by atoms with Crippen LogP contribution in [0.3, 0.4) is 0 Å². The van der Waals surface area contributed by atoms with Gasteiger partial charge >= 0.3 is 0 Å². The lowest BCUT2D eigenvalue weighted by molar-refractivity contribution is 0.613. The third-order valence-electron chi connectivity index (χ3n) is 3.02. The number of anilines is 1. The van der Waals surface area contributed by atoms with Gasteiger partial charge in [-0.05, 0) is 38.4 Å². The molecule has 1 aromatic rings. The second-order valence-electron chi connectivity index (χ2n) is 4.37. The monoisotopic (exact) mass is 220 g/mol. The fourth-order valence-electron chi connectivity index (χ4n) is 2.18. The lowest BCUT2D eigenvalue weighted by atomic mass is 10.2. The molecular weight excluding hydrogens is 200 g/mol. The maximum atomic E-state index is 4.29. The number of hydrogen-bond donors (Lipinski definition) is 1. The zero-order valence-electron chi connectivity index (χ0n) is 10.1. The van der Waals surface area contributed by atoms with Gasteiger partial charge < -0.3 is 10.2 Å². The summed E-state index contributed by atoms with van der Waals surface area (Å²) >= 11 is 0. The maximum Gasteiger partial charge on any atom is 0.151 e. The summed E-state index contributed by atoms with van der Waals surface area (Å²) in [5.41, 5.74) is 0.977. The first-order chi connectivity index (χ1) is 7.81. The van der Waals surface area contributed by atoms with E-state index in [0.717, 1.165) is 37.6 Å². The normalized spacial score (nSPS) is 20.0. The van der Waals surface area contributed by atoms with Gasteiger partial charge in [0, 0.05) is 19.1 Å². The number of hydrogen-bond acceptors (Lipinski definition) is 4. The molecule has 1 fully saturated rings. The molecule has 4 nitrogen and oxygen atoms in total. The molecule has 2 rings (SSSR count). The number of nitrogens with one attached hydrogen (secondary N) is 1. The first-order valence-electron chi connectivity index (χ1n) is 6.09. The second-order valence-corrected chi connectivity index (χ2v) is 4.37. The van der Waals surface area contributed by atoms with Crippen LogP contribution >= 0.6 is 0 Å². The van der Waals surface area contributed by atoms with Crippen LogP contribution in [0.1, 0.15) is 25.5 Å². The van der Waals surface area contributed by atoms with E-state index in [-0.39, 0.29) is 0 Å². The Morgan fingerprint density at radius 1 is 1.44 bits per heavy atom. The number of rotatable bonds is 4. The van der Waals surface area contributed by atoms with Crippen LogP contribution < -0.4 is 10.2 Å². The molecule has 0 amide bonds. The summed E-state index contributed by atoms with van der Waals surface area (Å²) in [5, 5.41) is 11.8. The van der Waals surface area contributed by atoms with E-state index in [1.807, 2.05) is 13.0 Å². The Bertz CT molecular complexity index is 316. The molecule has 0 spiro atoms. The van der Waals surface area contributed by atoms with E-state index in [0.29, 0.717) is 6.04 Å². The molecule has 1 aliphatic rings. The predicted molar refractivity (Wildman–Crippen MR) is 65.7 cm³/mol. The van der Waals surface area contributed by atoms with Crippen LogP contribution in [0.5, 0.6) is 0 Å². The van der Waals surface area contributed by atoms with Crippen molar-refractivity contribution in [1.82, 2.24) is 15.5 Å². The lowest BCUT2D eigenvalue weighted by Crippen LogP contribution is -2.38. The third kappa shape index (κ3) is 2.50. The zero-order valence-corrected chi connectivity index (χ0v) is 10.1. The summed E-state index contributed by atoms with van der Waals surface area (Å²) in [4.78, 5) is 2.38. The van der Waals surface area contributed by atoms with Crippen molar-refractivity contribution in [2.24, 2.45) is 0 Å². The van der Waals surface area contributed by atoms with Gasteiger partial charge in [0.2, 0.25) is 0 Å². The quantitative estimate of drug-likeness (QED) is 0.832. The highest BCUT2D eigenvalue weighted by molar-refractivity contribution is 5.39. The maximum absolute atomic E-state index is 4.29. The van der Waals surface area contributed by atoms with Crippen molar-refractivity contribution in [3.05, 3.63) is 17.8 Å². The molecule has 0 aliphatic carbocycles. The van der Waals surface area contributed by atoms with Gasteiger partial charge in [-0.2, -0.15) is 5.10 Å². The summed E-state index contributed by atoms with van der Waals surface area (Å²) in [6.07, 6.45) is 2.35. The fraction of sp³-hybridized carbons (Fsp3) is 0.667. The van der Waals surface area contributed by atoms with Gasteiger partial charge in [-0.3, -0.25) is 0 Å². The van der Waals surface area contributed by atoms with Gasteiger partial charge in [-0.25, -0.2) is 0 Å². The van der Waals surface area contributed by atoms with Crippen LogP contribution in [-0.4, -0.2) is 35.9 Å². The van der Waals surface area contributed by atoms with E-state index in [1.165, 1.54) is 6.42 Å². The van der Waals surface area contributed by atoms with Crippen LogP contribution in [0.25, 0.3) is 0 Å². The minimum Gasteiger partial charge on any atom is -0.351 e. The molecule has 1 N–H and O–H groups in total. The van der Waals surface area contributed by atoms with E-state index in [2.05, 4.69) is 33.4 Å². The Hall–Kier alpha value is -1.16. The average Bonchev–Trinajstić information content (AvgIpc) is 2.81. The van der Waals surface area contributed by atoms with Gasteiger partial charge in [0.1, 0.15) is 0 Å².